The topological polar surface area (TPSA) is 379 Å². The maximum atomic E-state index is 13.9. The Labute approximate surface area is 656 Å². The Kier molecular flexibility index (Phi) is 12.0. The number of ether oxygens (including phenoxy) is 3. The van der Waals surface area contributed by atoms with Gasteiger partial charge in [0.1, 0.15) is 53.7 Å². The minimum absolute atomic E-state index is 0.00649. The zero-order valence-electron chi connectivity index (χ0n) is 88.9. The second kappa shape index (κ2) is 30.8. The molecule has 3 fully saturated rings. The first kappa shape index (κ1) is 41.6. The van der Waals surface area contributed by atoms with Gasteiger partial charge in [0.15, 0.2) is 17.5 Å². The third-order valence-corrected chi connectivity index (χ3v) is 15.8. The van der Waals surface area contributed by atoms with E-state index in [9.17, 15) is 43.2 Å². The molecule has 33 nitrogen and oxygen atoms in total. The Hall–Kier alpha value is -13.6. The molecule has 0 unspecified atom stereocenters. The van der Waals surface area contributed by atoms with Crippen LogP contribution in [0.2, 0.25) is 0 Å². The molecule has 9 aromatic heterocycles. The molecule has 0 bridgehead atoms. The number of aryl methyl sites for hydroxylation is 3. The minimum atomic E-state index is -4.05. The molecule has 15 rings (SSSR count). The fraction of sp³-hybridized carbons (Fsp3) is 0.270. The monoisotopic (exact) mass is 1480 g/mol. The van der Waals surface area contributed by atoms with Gasteiger partial charge in [-0.15, -0.1) is 0 Å². The second-order valence-corrected chi connectivity index (χ2v) is 22.2. The van der Waals surface area contributed by atoms with Crippen LogP contribution in [0.3, 0.4) is 0 Å². The average Bonchev–Trinajstić information content (AvgIpc) is 0.818. The molecule has 3 N–H and O–H groups in total. The maximum Gasteiger partial charge on any atom is 0.295 e. The molecule has 0 radical (unpaired) electrons. The van der Waals surface area contributed by atoms with Crippen molar-refractivity contribution in [1.82, 2.24) is 104 Å². The van der Waals surface area contributed by atoms with Crippen LogP contribution in [0.1, 0.15) is 136 Å². The number of fused-ring (bicyclic) bond motifs is 3. The van der Waals surface area contributed by atoms with Crippen LogP contribution in [-0.2, 0) is 14.4 Å². The van der Waals surface area contributed by atoms with Gasteiger partial charge in [-0.1, -0.05) is 53.5 Å². The molecule has 6 amide bonds. The summed E-state index contributed by atoms with van der Waals surface area (Å²) in [4.78, 5) is 155. The Morgan fingerprint density at radius 2 is 0.710 bits per heavy atom. The van der Waals surface area contributed by atoms with Gasteiger partial charge in [-0.3, -0.25) is 43.2 Å². The lowest BCUT2D eigenvalue weighted by atomic mass is 10.1. The van der Waals surface area contributed by atoms with Crippen LogP contribution in [-0.4, -0.2) is 256 Å². The molecule has 0 aliphatic carbocycles. The molecule has 3 aliphatic heterocycles. The van der Waals surface area contributed by atoms with Crippen molar-refractivity contribution in [2.24, 2.45) is 0 Å². The van der Waals surface area contributed by atoms with Gasteiger partial charge in [0, 0.05) is 126 Å². The van der Waals surface area contributed by atoms with Crippen molar-refractivity contribution < 1.29 is 103 Å². The molecule has 0 atom stereocenters. The van der Waals surface area contributed by atoms with Crippen LogP contribution in [0, 0.1) is 34.4 Å². The molecule has 0 saturated carbocycles. The second-order valence-electron chi connectivity index (χ2n) is 22.2. The van der Waals surface area contributed by atoms with Crippen molar-refractivity contribution >= 4 is 85.5 Å². The van der Waals surface area contributed by atoms with Crippen molar-refractivity contribution in [3.8, 4) is 34.7 Å². The van der Waals surface area contributed by atoms with Crippen LogP contribution in [0.15, 0.2) is 135 Å². The number of nitrogens with zero attached hydrogens (tertiary/aromatic N) is 18. The summed E-state index contributed by atoms with van der Waals surface area (Å²) in [6.45, 7) is -36.5. The molecule has 3 saturated heterocycles. The SMILES string of the molecule is [2H]C([2H])([2H])c1ncn(-c2ncc(OC)c3c(C(=O)C(=O)N4C([2H])([2H])C([2H])([2H])N(C(=O)c5ccccc5)C([2H])([2H])C4([2H])[2H])c[nH]c23)n1.[2H]c1c([2H])c(C(=O)N2C([2H])([2H])C([2H])([2H])N(C(=O)C(=O)c3c[nH]c4c(-n5cnc(C([2H])([2H])[2H])n5)ncc(OC)c34)C([2H])([2H])C2([2H])[2H])c([2H])c([2H])c1C.[2H]c1c([2H])c(C(=O)N2CCN(C(=O)C(=O)c3c[nH]c4c(-n5cnc(C([2H])([2H])[2H])n5)ncc(OC)c34)CC2)c([2H])c([2H])c1C. The number of methoxy groups -OCH3 is 3. The summed E-state index contributed by atoms with van der Waals surface area (Å²) in [7, 11) is 3.72. The van der Waals surface area contributed by atoms with Crippen molar-refractivity contribution in [3.63, 3.8) is 0 Å². The number of piperazine rings is 3. The van der Waals surface area contributed by atoms with E-state index in [1.807, 2.05) is 0 Å². The molecule has 12 aromatic rings. The van der Waals surface area contributed by atoms with E-state index in [0.717, 1.165) is 58.6 Å². The third-order valence-electron chi connectivity index (χ3n) is 15.8. The number of hydrogen-bond donors (Lipinski definition) is 3. The van der Waals surface area contributed by atoms with Gasteiger partial charge in [-0.2, -0.15) is 15.3 Å². The Morgan fingerprint density at radius 3 is 1.04 bits per heavy atom. The zero-order chi connectivity index (χ0) is 104. The number of Topliss-reactive ketones (excluding diaryl/α,β-unsaturated/α-hetero) is 3. The normalized spacial score (nSPS) is 22.4. The Morgan fingerprint density at radius 1 is 0.402 bits per heavy atom. The minimum Gasteiger partial charge on any atom is -0.494 e. The third kappa shape index (κ3) is 14.6. The van der Waals surface area contributed by atoms with E-state index in [1.165, 1.54) is 86.9 Å². The number of pyridine rings is 3. The Balaban J connectivity index is 0.000000177. The number of ketones is 3. The number of aromatic amines is 3. The van der Waals surface area contributed by atoms with E-state index < -0.39 is 210 Å². The molecule has 33 heteroatoms. The van der Waals surface area contributed by atoms with Crippen LogP contribution in [0.25, 0.3) is 50.2 Å². The molecule has 3 aliphatic rings. The zero-order valence-corrected chi connectivity index (χ0v) is 55.9. The van der Waals surface area contributed by atoms with Gasteiger partial charge in [0.25, 0.3) is 52.8 Å². The summed E-state index contributed by atoms with van der Waals surface area (Å²) in [5.74, 6) is -14.9. The molecule has 12 heterocycles. The van der Waals surface area contributed by atoms with Crippen LogP contribution in [0.5, 0.6) is 17.2 Å². The molecule has 546 valence electrons. The predicted molar refractivity (Wildman–Crippen MR) is 386 cm³/mol. The number of carbonyl (C=O) groups excluding carboxylic acids is 9. The van der Waals surface area contributed by atoms with Gasteiger partial charge >= 0.3 is 0 Å². The van der Waals surface area contributed by atoms with Crippen molar-refractivity contribution in [3.05, 3.63) is 197 Å². The highest BCUT2D eigenvalue weighted by molar-refractivity contribution is 6.46. The number of nitrogens with one attached hydrogen (secondary N) is 3. The highest BCUT2D eigenvalue weighted by Crippen LogP contribution is 2.35. The van der Waals surface area contributed by atoms with Crippen LogP contribution < -0.4 is 14.2 Å². The maximum absolute atomic E-state index is 13.9. The number of benzene rings is 3. The first-order valence-electron chi connectivity index (χ1n) is 47.4. The smallest absolute Gasteiger partial charge is 0.295 e. The van der Waals surface area contributed by atoms with E-state index in [4.69, 9.17) is 59.4 Å². The summed E-state index contributed by atoms with van der Waals surface area (Å²) in [6.07, 6.45) is 9.88. The van der Waals surface area contributed by atoms with Crippen molar-refractivity contribution in [1.29, 1.82) is 0 Å². The highest BCUT2D eigenvalue weighted by Gasteiger charge is 2.36. The van der Waals surface area contributed by atoms with Crippen molar-refractivity contribution in [2.75, 3.05) is 99.5 Å². The summed E-state index contributed by atoms with van der Waals surface area (Å²) in [5, 5.41) is 11.6. The van der Waals surface area contributed by atoms with Gasteiger partial charge in [0.05, 0.1) is 122 Å². The molecule has 3 aromatic carbocycles. The standard InChI is InChI=1S/2C25H25N7O4.C24H23N7O4/c2*1-15-4-6-17(7-5-15)24(34)30-8-10-31(11-9-30)25(35)22(33)18-12-26-21-20(18)19(36-3)13-27-23(21)32-14-28-16(2)29-32;1-15-27-14-31(28-15)22-20-19(18(35-2)13-26-22)17(12-25-20)21(32)24(34)30-10-8-29(9-11-30)23(33)16-6-4-3-5-7-16/h2*4-7,12-14,26H,8-11H2,1-3H3;3-7,12-14,25H,8-11H2,1-2H3/i2D3,4D,5D,6D,7D,8D2,9D2,10D2,11D2;2D3,4D,5D,6D,7D;1D3,8D2,9D2,10D2,11D2. The van der Waals surface area contributed by atoms with Gasteiger partial charge in [-0.25, -0.2) is 43.9 Å². The lowest BCUT2D eigenvalue weighted by Gasteiger charge is -2.34. The largest absolute Gasteiger partial charge is 0.494 e. The number of hydrogen-bond acceptors (Lipinski definition) is 21. The fourth-order valence-electron chi connectivity index (χ4n) is 10.6. The van der Waals surface area contributed by atoms with Gasteiger partial charge in [0.2, 0.25) is 0 Å². The number of carbonyl (C=O) groups is 9. The van der Waals surface area contributed by atoms with Crippen LogP contribution in [0.4, 0.5) is 0 Å². The average molecular weight is 1480 g/mol. The number of H-pyrrole nitrogens is 3. The fourth-order valence-corrected chi connectivity index (χ4v) is 10.6. The lowest BCUT2D eigenvalue weighted by molar-refractivity contribution is -0.128. The van der Waals surface area contributed by atoms with Crippen LogP contribution >= 0.6 is 0 Å². The first-order chi connectivity index (χ1) is 64.7. The van der Waals surface area contributed by atoms with E-state index in [-0.39, 0.29) is 138 Å². The van der Waals surface area contributed by atoms with E-state index in [1.54, 1.807) is 0 Å². The predicted octanol–water partition coefficient (Wildman–Crippen LogP) is 5.50. The summed E-state index contributed by atoms with van der Waals surface area (Å²) < 4.78 is 288. The van der Waals surface area contributed by atoms with E-state index >= 15 is 0 Å². The summed E-state index contributed by atoms with van der Waals surface area (Å²) in [5.41, 5.74) is -2.96. The van der Waals surface area contributed by atoms with E-state index in [2.05, 4.69) is 60.2 Å². The van der Waals surface area contributed by atoms with Gasteiger partial charge in [-0.05, 0) is 70.7 Å². The summed E-state index contributed by atoms with van der Waals surface area (Å²) >= 11 is 0. The first-order valence-corrected chi connectivity index (χ1v) is 30.9. The van der Waals surface area contributed by atoms with E-state index in [0.29, 0.717) is 0 Å². The summed E-state index contributed by atoms with van der Waals surface area (Å²) in [6, 6.07) is 1.63. The lowest BCUT2D eigenvalue weighted by Crippen LogP contribution is -2.52. The molecular formula is C74H73N21O12. The number of amides is 6. The molecular weight excluding hydrogens is 1370 g/mol. The van der Waals surface area contributed by atoms with Crippen molar-refractivity contribution in [2.45, 2.75) is 34.4 Å². The highest BCUT2D eigenvalue weighted by atomic mass is 16.5. The quantitative estimate of drug-likeness (QED) is 0.0842. The Bertz CT molecular complexity index is 7010. The number of aromatic nitrogens is 15. The molecule has 107 heavy (non-hydrogen) atoms. The van der Waals surface area contributed by atoms with Gasteiger partial charge < -0.3 is 58.6 Å². The number of rotatable bonds is 15. The molecule has 0 spiro atoms.